The Morgan fingerprint density at radius 2 is 0.897 bits per heavy atom. The second-order valence-electron chi connectivity index (χ2n) is 10.5. The van der Waals surface area contributed by atoms with Gasteiger partial charge in [0.05, 0.1) is 23.8 Å². The molecule has 0 fully saturated rings. The molecule has 0 atom stereocenters. The number of nitrogens with zero attached hydrogens (tertiary/aromatic N) is 4. The molecule has 7 rings (SSSR count). The van der Waals surface area contributed by atoms with E-state index in [9.17, 15) is 0 Å². The van der Waals surface area contributed by atoms with Crippen LogP contribution in [-0.2, 0) is 5.41 Å². The van der Waals surface area contributed by atoms with Crippen molar-refractivity contribution in [3.63, 3.8) is 0 Å². The smallest absolute Gasteiger partial charge is 0.0885 e. The van der Waals surface area contributed by atoms with Crippen LogP contribution in [0.25, 0.3) is 55.9 Å². The summed E-state index contributed by atoms with van der Waals surface area (Å²) in [6.07, 6.45) is 10.5. The van der Waals surface area contributed by atoms with E-state index in [-0.39, 0.29) is 5.41 Å². The van der Waals surface area contributed by atoms with Crippen molar-refractivity contribution in [3.05, 3.63) is 133 Å². The first-order valence-electron chi connectivity index (χ1n) is 13.1. The number of hydrogen-bond acceptors (Lipinski definition) is 4. The van der Waals surface area contributed by atoms with Crippen LogP contribution in [0.5, 0.6) is 0 Å². The van der Waals surface area contributed by atoms with Gasteiger partial charge in [-0.1, -0.05) is 74.5 Å². The van der Waals surface area contributed by atoms with Crippen LogP contribution < -0.4 is 0 Å². The molecular formula is C35H26N4. The summed E-state index contributed by atoms with van der Waals surface area (Å²) in [7, 11) is 0. The fourth-order valence-electron chi connectivity index (χ4n) is 5.71. The van der Waals surface area contributed by atoms with Crippen molar-refractivity contribution < 1.29 is 0 Å². The second kappa shape index (κ2) is 9.10. The quantitative estimate of drug-likeness (QED) is 0.244. The van der Waals surface area contributed by atoms with Crippen LogP contribution in [-0.4, -0.2) is 19.9 Å². The molecule has 1 aliphatic rings. The molecule has 0 saturated heterocycles. The summed E-state index contributed by atoms with van der Waals surface area (Å²) >= 11 is 0. The topological polar surface area (TPSA) is 51.6 Å². The summed E-state index contributed by atoms with van der Waals surface area (Å²) in [4.78, 5) is 17.4. The third-order valence-corrected chi connectivity index (χ3v) is 7.79. The third-order valence-electron chi connectivity index (χ3n) is 7.79. The van der Waals surface area contributed by atoms with Crippen LogP contribution in [0.2, 0.25) is 0 Å². The van der Waals surface area contributed by atoms with Gasteiger partial charge in [0.2, 0.25) is 0 Å². The zero-order chi connectivity index (χ0) is 26.4. The van der Waals surface area contributed by atoms with E-state index < -0.39 is 0 Å². The van der Waals surface area contributed by atoms with Gasteiger partial charge in [0, 0.05) is 41.3 Å². The van der Waals surface area contributed by atoms with Gasteiger partial charge in [-0.2, -0.15) is 0 Å². The fourth-order valence-corrected chi connectivity index (χ4v) is 5.71. The SMILES string of the molecule is CC1(C)c2cc(-c3cccc(-c4cnccn4)c3)ccc2-c2ccc(-c3cccc(-c4cnccn4)c3)cc21. The minimum Gasteiger partial charge on any atom is -0.261 e. The van der Waals surface area contributed by atoms with Crippen LogP contribution in [0.1, 0.15) is 25.0 Å². The molecule has 1 aliphatic carbocycles. The highest BCUT2D eigenvalue weighted by atomic mass is 14.8. The zero-order valence-electron chi connectivity index (χ0n) is 21.8. The van der Waals surface area contributed by atoms with Gasteiger partial charge in [0.15, 0.2) is 0 Å². The minimum atomic E-state index is -0.123. The lowest BCUT2D eigenvalue weighted by atomic mass is 9.80. The number of aromatic nitrogens is 4. The Labute approximate surface area is 228 Å². The Bertz CT molecular complexity index is 1690. The molecule has 2 aromatic heterocycles. The van der Waals surface area contributed by atoms with E-state index in [2.05, 4.69) is 119 Å². The van der Waals surface area contributed by atoms with E-state index >= 15 is 0 Å². The van der Waals surface area contributed by atoms with E-state index in [4.69, 9.17) is 0 Å². The van der Waals surface area contributed by atoms with Crippen molar-refractivity contribution in [2.24, 2.45) is 0 Å². The molecule has 0 spiro atoms. The Morgan fingerprint density at radius 3 is 1.33 bits per heavy atom. The van der Waals surface area contributed by atoms with Crippen LogP contribution in [0.15, 0.2) is 122 Å². The van der Waals surface area contributed by atoms with E-state index in [1.54, 1.807) is 24.8 Å². The first kappa shape index (κ1) is 23.2. The Morgan fingerprint density at radius 1 is 0.462 bits per heavy atom. The predicted molar refractivity (Wildman–Crippen MR) is 157 cm³/mol. The van der Waals surface area contributed by atoms with Crippen molar-refractivity contribution in [2.45, 2.75) is 19.3 Å². The molecule has 0 bridgehead atoms. The molecule has 0 saturated carbocycles. The van der Waals surface area contributed by atoms with Crippen LogP contribution in [0, 0.1) is 0 Å². The van der Waals surface area contributed by atoms with Crippen molar-refractivity contribution in [3.8, 4) is 55.9 Å². The molecule has 0 unspecified atom stereocenters. The van der Waals surface area contributed by atoms with Gasteiger partial charge < -0.3 is 0 Å². The summed E-state index contributed by atoms with van der Waals surface area (Å²) in [5, 5.41) is 0. The van der Waals surface area contributed by atoms with Crippen molar-refractivity contribution in [1.29, 1.82) is 0 Å². The lowest BCUT2D eigenvalue weighted by Gasteiger charge is -2.23. The van der Waals surface area contributed by atoms with Gasteiger partial charge in [-0.3, -0.25) is 19.9 Å². The molecule has 6 aromatic rings. The maximum absolute atomic E-state index is 4.48. The molecule has 39 heavy (non-hydrogen) atoms. The molecule has 0 N–H and O–H groups in total. The molecule has 4 aromatic carbocycles. The van der Waals surface area contributed by atoms with Gasteiger partial charge in [-0.15, -0.1) is 0 Å². The predicted octanol–water partition coefficient (Wildman–Crippen LogP) is 8.24. The normalized spacial score (nSPS) is 13.1. The molecule has 4 heteroatoms. The highest BCUT2D eigenvalue weighted by Crippen LogP contribution is 2.50. The van der Waals surface area contributed by atoms with Crippen LogP contribution >= 0.6 is 0 Å². The summed E-state index contributed by atoms with van der Waals surface area (Å²) in [6.45, 7) is 4.66. The first-order valence-corrected chi connectivity index (χ1v) is 13.1. The molecule has 4 nitrogen and oxygen atoms in total. The molecule has 2 heterocycles. The van der Waals surface area contributed by atoms with E-state index in [0.717, 1.165) is 22.5 Å². The average molecular weight is 503 g/mol. The summed E-state index contributed by atoms with van der Waals surface area (Å²) in [6, 6.07) is 30.8. The Hall–Kier alpha value is -4.96. The maximum atomic E-state index is 4.48. The summed E-state index contributed by atoms with van der Waals surface area (Å²) < 4.78 is 0. The number of fused-ring (bicyclic) bond motifs is 3. The monoisotopic (exact) mass is 502 g/mol. The van der Waals surface area contributed by atoms with E-state index in [1.165, 1.54) is 44.5 Å². The largest absolute Gasteiger partial charge is 0.261 e. The van der Waals surface area contributed by atoms with Crippen LogP contribution in [0.4, 0.5) is 0 Å². The van der Waals surface area contributed by atoms with Crippen molar-refractivity contribution >= 4 is 0 Å². The number of benzene rings is 4. The van der Waals surface area contributed by atoms with E-state index in [0.29, 0.717) is 0 Å². The lowest BCUT2D eigenvalue weighted by Crippen LogP contribution is -2.15. The van der Waals surface area contributed by atoms with Gasteiger partial charge in [-0.25, -0.2) is 0 Å². The maximum Gasteiger partial charge on any atom is 0.0885 e. The molecule has 0 radical (unpaired) electrons. The summed E-state index contributed by atoms with van der Waals surface area (Å²) in [5.41, 5.74) is 13.9. The Kier molecular flexibility index (Phi) is 5.41. The van der Waals surface area contributed by atoms with Gasteiger partial charge in [0.1, 0.15) is 0 Å². The number of hydrogen-bond donors (Lipinski definition) is 0. The third kappa shape index (κ3) is 4.02. The van der Waals surface area contributed by atoms with E-state index in [1.807, 2.05) is 12.4 Å². The molecule has 0 amide bonds. The molecule has 186 valence electrons. The number of rotatable bonds is 4. The summed E-state index contributed by atoms with van der Waals surface area (Å²) in [5.74, 6) is 0. The standard InChI is InChI=1S/C35H26N4/c1-35(2)31-19-25(23-5-3-7-27(17-23)33-21-36-13-15-38-33)9-11-29(31)30-12-10-26(20-32(30)35)24-6-4-8-28(18-24)34-22-37-14-16-39-34/h3-22H,1-2H3. The second-order valence-corrected chi connectivity index (χ2v) is 10.5. The first-order chi connectivity index (χ1) is 19.1. The minimum absolute atomic E-state index is 0.123. The van der Waals surface area contributed by atoms with Crippen LogP contribution in [0.3, 0.4) is 0 Å². The van der Waals surface area contributed by atoms with Gasteiger partial charge >= 0.3 is 0 Å². The fraction of sp³-hybridized carbons (Fsp3) is 0.0857. The lowest BCUT2D eigenvalue weighted by molar-refractivity contribution is 0.661. The molecular weight excluding hydrogens is 476 g/mol. The Balaban J connectivity index is 1.26. The highest BCUT2D eigenvalue weighted by Gasteiger charge is 2.35. The van der Waals surface area contributed by atoms with Crippen molar-refractivity contribution in [2.75, 3.05) is 0 Å². The van der Waals surface area contributed by atoms with Gasteiger partial charge in [-0.05, 0) is 68.8 Å². The van der Waals surface area contributed by atoms with Crippen molar-refractivity contribution in [1.82, 2.24) is 19.9 Å². The average Bonchev–Trinajstić information content (AvgIpc) is 3.23. The highest BCUT2D eigenvalue weighted by molar-refractivity contribution is 5.86. The molecule has 0 aliphatic heterocycles. The van der Waals surface area contributed by atoms with Gasteiger partial charge in [0.25, 0.3) is 0 Å². The zero-order valence-corrected chi connectivity index (χ0v) is 21.8.